The Kier molecular flexibility index (Phi) is 8.15. The number of ether oxygens (including phenoxy) is 2. The van der Waals surface area contributed by atoms with Crippen LogP contribution in [0.3, 0.4) is 0 Å². The molecule has 0 spiro atoms. The van der Waals surface area contributed by atoms with E-state index in [1.54, 1.807) is 42.1 Å². The van der Waals surface area contributed by atoms with Gasteiger partial charge in [-0.05, 0) is 30.5 Å². The normalized spacial score (nSPS) is 10.8. The van der Waals surface area contributed by atoms with Gasteiger partial charge in [0.2, 0.25) is 0 Å². The van der Waals surface area contributed by atoms with Crippen molar-refractivity contribution < 1.29 is 9.47 Å². The molecule has 0 atom stereocenters. The van der Waals surface area contributed by atoms with Crippen molar-refractivity contribution in [2.45, 2.75) is 18.1 Å². The Labute approximate surface area is 199 Å². The number of halogens is 5. The molecule has 0 aliphatic heterocycles. The third-order valence-corrected chi connectivity index (χ3v) is 6.61. The Hall–Kier alpha value is -0.940. The zero-order valence-electron chi connectivity index (χ0n) is 15.1. The van der Waals surface area contributed by atoms with Gasteiger partial charge in [0.25, 0.3) is 0 Å². The lowest BCUT2D eigenvalue weighted by Crippen LogP contribution is -2.02. The molecule has 3 aromatic carbocycles. The van der Waals surface area contributed by atoms with E-state index in [1.807, 2.05) is 24.5 Å². The van der Waals surface area contributed by atoms with Gasteiger partial charge in [-0.3, -0.25) is 0 Å². The highest BCUT2D eigenvalue weighted by molar-refractivity contribution is 7.98. The van der Waals surface area contributed by atoms with Crippen LogP contribution in [0.1, 0.15) is 11.1 Å². The molecule has 0 N–H and O–H groups in total. The van der Waals surface area contributed by atoms with Gasteiger partial charge in [0.15, 0.2) is 5.75 Å². The molecule has 152 valence electrons. The standard InChI is InChI=1S/C21H15Cl5O2S/c1-29-21-13(3-2-4-17(21)25)11-28-20-16(24)7-5-12(19(20)26)10-27-18-9-14(22)6-8-15(18)23/h2-9H,10-11H2,1H3. The van der Waals surface area contributed by atoms with Gasteiger partial charge < -0.3 is 9.47 Å². The van der Waals surface area contributed by atoms with Gasteiger partial charge in [-0.2, -0.15) is 0 Å². The summed E-state index contributed by atoms with van der Waals surface area (Å²) < 4.78 is 11.7. The lowest BCUT2D eigenvalue weighted by atomic mass is 10.2. The van der Waals surface area contributed by atoms with Gasteiger partial charge in [0.1, 0.15) is 19.0 Å². The predicted octanol–water partition coefficient (Wildman–Crippen LogP) is 8.83. The van der Waals surface area contributed by atoms with Crippen molar-refractivity contribution in [3.05, 3.63) is 84.8 Å². The van der Waals surface area contributed by atoms with Crippen LogP contribution >= 0.6 is 69.8 Å². The summed E-state index contributed by atoms with van der Waals surface area (Å²) in [7, 11) is 0. The third kappa shape index (κ3) is 5.61. The first-order valence-electron chi connectivity index (χ1n) is 8.39. The average molecular weight is 509 g/mol. The molecule has 0 heterocycles. The van der Waals surface area contributed by atoms with E-state index in [2.05, 4.69) is 0 Å². The molecular formula is C21H15Cl5O2S. The zero-order valence-corrected chi connectivity index (χ0v) is 19.7. The minimum atomic E-state index is 0.180. The first-order chi connectivity index (χ1) is 13.9. The molecule has 3 aromatic rings. The summed E-state index contributed by atoms with van der Waals surface area (Å²) in [5.74, 6) is 0.856. The fourth-order valence-electron chi connectivity index (χ4n) is 2.61. The van der Waals surface area contributed by atoms with E-state index in [4.69, 9.17) is 67.5 Å². The maximum Gasteiger partial charge on any atom is 0.157 e. The van der Waals surface area contributed by atoms with E-state index in [0.29, 0.717) is 42.2 Å². The van der Waals surface area contributed by atoms with E-state index in [0.717, 1.165) is 10.5 Å². The molecule has 0 aliphatic rings. The fraction of sp³-hybridized carbons (Fsp3) is 0.143. The highest BCUT2D eigenvalue weighted by Crippen LogP contribution is 2.38. The molecule has 0 saturated heterocycles. The summed E-state index contributed by atoms with van der Waals surface area (Å²) in [4.78, 5) is 0.955. The first kappa shape index (κ1) is 22.7. The molecule has 3 rings (SSSR count). The molecule has 0 radical (unpaired) electrons. The highest BCUT2D eigenvalue weighted by Gasteiger charge is 2.15. The third-order valence-electron chi connectivity index (χ3n) is 4.03. The Morgan fingerprint density at radius 1 is 0.759 bits per heavy atom. The Morgan fingerprint density at radius 2 is 1.48 bits per heavy atom. The highest BCUT2D eigenvalue weighted by atomic mass is 35.5. The summed E-state index contributed by atoms with van der Waals surface area (Å²) >= 11 is 32.8. The average Bonchev–Trinajstić information content (AvgIpc) is 2.69. The summed E-state index contributed by atoms with van der Waals surface area (Å²) in [5.41, 5.74) is 1.66. The molecule has 0 aromatic heterocycles. The van der Waals surface area contributed by atoms with Crippen LogP contribution in [0.2, 0.25) is 25.1 Å². The SMILES string of the molecule is CSc1c(Cl)cccc1COc1c(Cl)ccc(COc2cc(Cl)ccc2Cl)c1Cl. The van der Waals surface area contributed by atoms with E-state index in [1.165, 1.54) is 0 Å². The fourth-order valence-corrected chi connectivity index (χ4v) is 4.55. The largest absolute Gasteiger partial charge is 0.487 e. The lowest BCUT2D eigenvalue weighted by molar-refractivity contribution is 0.295. The van der Waals surface area contributed by atoms with Crippen LogP contribution in [0.4, 0.5) is 0 Å². The minimum absolute atomic E-state index is 0.180. The summed E-state index contributed by atoms with van der Waals surface area (Å²) in [5, 5.41) is 2.45. The smallest absolute Gasteiger partial charge is 0.157 e. The molecular weight excluding hydrogens is 494 g/mol. The topological polar surface area (TPSA) is 18.5 Å². The summed E-state index contributed by atoms with van der Waals surface area (Å²) in [6.45, 7) is 0.459. The molecule has 29 heavy (non-hydrogen) atoms. The summed E-state index contributed by atoms with van der Waals surface area (Å²) in [6.07, 6.45) is 1.96. The van der Waals surface area contributed by atoms with Crippen molar-refractivity contribution in [3.63, 3.8) is 0 Å². The number of benzene rings is 3. The van der Waals surface area contributed by atoms with E-state index in [9.17, 15) is 0 Å². The number of hydrogen-bond donors (Lipinski definition) is 0. The Balaban J connectivity index is 1.79. The molecule has 8 heteroatoms. The molecule has 0 unspecified atom stereocenters. The first-order valence-corrected chi connectivity index (χ1v) is 11.5. The van der Waals surface area contributed by atoms with Crippen molar-refractivity contribution in [3.8, 4) is 11.5 Å². The number of rotatable bonds is 7. The van der Waals surface area contributed by atoms with Crippen LogP contribution in [-0.4, -0.2) is 6.26 Å². The van der Waals surface area contributed by atoms with Crippen molar-refractivity contribution in [1.29, 1.82) is 0 Å². The van der Waals surface area contributed by atoms with Crippen molar-refractivity contribution in [1.82, 2.24) is 0 Å². The van der Waals surface area contributed by atoms with Gasteiger partial charge >= 0.3 is 0 Å². The van der Waals surface area contributed by atoms with Gasteiger partial charge in [-0.1, -0.05) is 76.2 Å². The molecule has 0 saturated carbocycles. The number of hydrogen-bond acceptors (Lipinski definition) is 3. The minimum Gasteiger partial charge on any atom is -0.487 e. The number of thioether (sulfide) groups is 1. The molecule has 0 bridgehead atoms. The second kappa shape index (κ2) is 10.4. The molecule has 0 amide bonds. The maximum atomic E-state index is 6.54. The van der Waals surface area contributed by atoms with Crippen molar-refractivity contribution in [2.24, 2.45) is 0 Å². The van der Waals surface area contributed by atoms with Crippen molar-refractivity contribution in [2.75, 3.05) is 6.26 Å². The van der Waals surface area contributed by atoms with Crippen LogP contribution in [0.5, 0.6) is 11.5 Å². The van der Waals surface area contributed by atoms with Gasteiger partial charge in [0.05, 0.1) is 20.1 Å². The van der Waals surface area contributed by atoms with Crippen LogP contribution in [0.25, 0.3) is 0 Å². The second-order valence-corrected chi connectivity index (χ2v) is 8.79. The van der Waals surface area contributed by atoms with Crippen LogP contribution in [0.15, 0.2) is 53.4 Å². The lowest BCUT2D eigenvalue weighted by Gasteiger charge is -2.16. The summed E-state index contributed by atoms with van der Waals surface area (Å²) in [6, 6.07) is 14.2. The van der Waals surface area contributed by atoms with Crippen LogP contribution in [-0.2, 0) is 13.2 Å². The quantitative estimate of drug-likeness (QED) is 0.297. The van der Waals surface area contributed by atoms with E-state index in [-0.39, 0.29) is 13.2 Å². The Bertz CT molecular complexity index is 1030. The van der Waals surface area contributed by atoms with Crippen LogP contribution < -0.4 is 9.47 Å². The molecule has 0 fully saturated rings. The van der Waals surface area contributed by atoms with Crippen molar-refractivity contribution >= 4 is 69.8 Å². The van der Waals surface area contributed by atoms with Gasteiger partial charge in [-0.25, -0.2) is 0 Å². The molecule has 0 aliphatic carbocycles. The van der Waals surface area contributed by atoms with Gasteiger partial charge in [0, 0.05) is 27.1 Å². The molecule has 2 nitrogen and oxygen atoms in total. The monoisotopic (exact) mass is 506 g/mol. The predicted molar refractivity (Wildman–Crippen MR) is 125 cm³/mol. The second-order valence-electron chi connectivity index (χ2n) is 5.93. The maximum absolute atomic E-state index is 6.54. The zero-order chi connectivity index (χ0) is 21.0. The van der Waals surface area contributed by atoms with E-state index < -0.39 is 0 Å². The Morgan fingerprint density at radius 3 is 2.24 bits per heavy atom. The van der Waals surface area contributed by atoms with Gasteiger partial charge in [-0.15, -0.1) is 11.8 Å². The van der Waals surface area contributed by atoms with E-state index >= 15 is 0 Å². The van der Waals surface area contributed by atoms with Crippen LogP contribution in [0, 0.1) is 0 Å².